The van der Waals surface area contributed by atoms with Crippen molar-refractivity contribution in [1.82, 2.24) is 9.78 Å². The molecule has 1 heterocycles. The lowest BCUT2D eigenvalue weighted by Gasteiger charge is -2.08. The molecule has 0 atom stereocenters. The first kappa shape index (κ1) is 15.5. The van der Waals surface area contributed by atoms with Crippen molar-refractivity contribution in [3.8, 4) is 0 Å². The van der Waals surface area contributed by atoms with E-state index >= 15 is 0 Å². The van der Waals surface area contributed by atoms with Crippen molar-refractivity contribution in [2.45, 2.75) is 6.54 Å². The van der Waals surface area contributed by atoms with Crippen molar-refractivity contribution in [2.75, 3.05) is 10.6 Å². The largest absolute Gasteiger partial charge is 0.332 e. The molecule has 0 spiro atoms. The third kappa shape index (κ3) is 4.55. The Morgan fingerprint density at radius 1 is 1.04 bits per heavy atom. The average Bonchev–Trinajstić information content (AvgIpc) is 2.95. The highest BCUT2D eigenvalue weighted by molar-refractivity contribution is 7.80. The second kappa shape index (κ2) is 7.26. The molecule has 3 rings (SSSR count). The molecule has 23 heavy (non-hydrogen) atoms. The van der Waals surface area contributed by atoms with Crippen LogP contribution in [0.3, 0.4) is 0 Å². The fourth-order valence-corrected chi connectivity index (χ4v) is 2.60. The van der Waals surface area contributed by atoms with Gasteiger partial charge in [0.25, 0.3) is 0 Å². The Balaban J connectivity index is 1.60. The summed E-state index contributed by atoms with van der Waals surface area (Å²) in [5.41, 5.74) is 2.87. The Morgan fingerprint density at radius 2 is 1.83 bits per heavy atom. The number of anilines is 2. The van der Waals surface area contributed by atoms with E-state index < -0.39 is 0 Å². The molecule has 0 saturated heterocycles. The highest BCUT2D eigenvalue weighted by Crippen LogP contribution is 2.13. The van der Waals surface area contributed by atoms with E-state index in [1.807, 2.05) is 65.5 Å². The molecule has 0 aliphatic rings. The van der Waals surface area contributed by atoms with Crippen LogP contribution in [0.2, 0.25) is 5.02 Å². The van der Waals surface area contributed by atoms with E-state index in [4.69, 9.17) is 23.8 Å². The van der Waals surface area contributed by atoms with E-state index in [0.717, 1.165) is 22.0 Å². The number of halogens is 1. The quantitative estimate of drug-likeness (QED) is 0.690. The molecule has 0 aliphatic carbocycles. The fraction of sp³-hybridized carbons (Fsp3) is 0.0588. The number of benzene rings is 2. The molecule has 2 N–H and O–H groups in total. The second-order valence-corrected chi connectivity index (χ2v) is 5.85. The minimum atomic E-state index is 0.526. The molecular weight excluding hydrogens is 328 g/mol. The van der Waals surface area contributed by atoms with Crippen molar-refractivity contribution in [3.63, 3.8) is 0 Å². The first-order valence-electron chi connectivity index (χ1n) is 7.09. The minimum absolute atomic E-state index is 0.526. The first-order valence-corrected chi connectivity index (χ1v) is 7.87. The number of thiocarbonyl (C=S) groups is 1. The van der Waals surface area contributed by atoms with Crippen LogP contribution in [0.15, 0.2) is 67.0 Å². The summed E-state index contributed by atoms with van der Waals surface area (Å²) in [6.45, 7) is 0.654. The van der Waals surface area contributed by atoms with E-state index in [1.165, 1.54) is 0 Å². The van der Waals surface area contributed by atoms with Crippen molar-refractivity contribution >= 4 is 40.3 Å². The van der Waals surface area contributed by atoms with E-state index in [9.17, 15) is 0 Å². The summed E-state index contributed by atoms with van der Waals surface area (Å²) in [4.78, 5) is 0. The number of nitrogens with one attached hydrogen (secondary N) is 2. The number of hydrogen-bond acceptors (Lipinski definition) is 2. The van der Waals surface area contributed by atoms with Crippen LogP contribution in [-0.2, 0) is 6.54 Å². The van der Waals surface area contributed by atoms with Crippen molar-refractivity contribution in [2.24, 2.45) is 0 Å². The van der Waals surface area contributed by atoms with Gasteiger partial charge >= 0.3 is 0 Å². The Hall–Kier alpha value is -2.37. The zero-order valence-electron chi connectivity index (χ0n) is 12.2. The standard InChI is InChI=1S/C17H15ClN4S/c18-14-6-4-5-13(9-14)11-22-12-16(10-19-22)21-17(23)20-15-7-2-1-3-8-15/h1-10,12H,11H2,(H2,20,21,23). The van der Waals surface area contributed by atoms with Crippen LogP contribution < -0.4 is 10.6 Å². The molecule has 0 aliphatic heterocycles. The molecule has 1 aromatic heterocycles. The van der Waals surface area contributed by atoms with Gasteiger partial charge in [0.1, 0.15) is 0 Å². The summed E-state index contributed by atoms with van der Waals surface area (Å²) in [5, 5.41) is 11.8. The van der Waals surface area contributed by atoms with Crippen LogP contribution in [-0.4, -0.2) is 14.9 Å². The molecule has 2 aromatic carbocycles. The van der Waals surface area contributed by atoms with Crippen molar-refractivity contribution in [1.29, 1.82) is 0 Å². The molecule has 4 nitrogen and oxygen atoms in total. The smallest absolute Gasteiger partial charge is 0.175 e. The number of rotatable bonds is 4. The average molecular weight is 343 g/mol. The van der Waals surface area contributed by atoms with Crippen LogP contribution >= 0.6 is 23.8 Å². The summed E-state index contributed by atoms with van der Waals surface area (Å²) in [6.07, 6.45) is 3.64. The Labute approximate surface area is 145 Å². The van der Waals surface area contributed by atoms with Gasteiger partial charge < -0.3 is 10.6 Å². The van der Waals surface area contributed by atoms with Gasteiger partial charge in [0.15, 0.2) is 5.11 Å². The van der Waals surface area contributed by atoms with E-state index in [0.29, 0.717) is 11.7 Å². The highest BCUT2D eigenvalue weighted by atomic mass is 35.5. The SMILES string of the molecule is S=C(Nc1ccccc1)Nc1cnn(Cc2cccc(Cl)c2)c1. The third-order valence-corrected chi connectivity index (χ3v) is 3.60. The molecule has 3 aromatic rings. The zero-order chi connectivity index (χ0) is 16.1. The molecule has 0 bridgehead atoms. The summed E-state index contributed by atoms with van der Waals surface area (Å²) in [5.74, 6) is 0. The summed E-state index contributed by atoms with van der Waals surface area (Å²) >= 11 is 11.3. The maximum Gasteiger partial charge on any atom is 0.175 e. The lowest BCUT2D eigenvalue weighted by molar-refractivity contribution is 0.687. The van der Waals surface area contributed by atoms with E-state index in [-0.39, 0.29) is 0 Å². The Kier molecular flexibility index (Phi) is 4.90. The molecule has 0 amide bonds. The van der Waals surface area contributed by atoms with Gasteiger partial charge in [-0.25, -0.2) is 0 Å². The van der Waals surface area contributed by atoms with Crippen molar-refractivity contribution in [3.05, 3.63) is 77.6 Å². The third-order valence-electron chi connectivity index (χ3n) is 3.16. The van der Waals surface area contributed by atoms with Gasteiger partial charge in [-0.1, -0.05) is 41.9 Å². The predicted octanol–water partition coefficient (Wildman–Crippen LogP) is 4.39. The lowest BCUT2D eigenvalue weighted by Crippen LogP contribution is -2.18. The molecule has 0 radical (unpaired) electrons. The monoisotopic (exact) mass is 342 g/mol. The molecule has 116 valence electrons. The number of hydrogen-bond donors (Lipinski definition) is 2. The first-order chi connectivity index (χ1) is 11.2. The number of nitrogens with zero attached hydrogens (tertiary/aromatic N) is 2. The van der Waals surface area contributed by atoms with Gasteiger partial charge in [0.05, 0.1) is 18.4 Å². The van der Waals surface area contributed by atoms with E-state index in [1.54, 1.807) is 6.20 Å². The Bertz CT molecular complexity index is 801. The number of para-hydroxylation sites is 1. The van der Waals surface area contributed by atoms with Gasteiger partial charge in [0.2, 0.25) is 0 Å². The van der Waals surface area contributed by atoms with Crippen molar-refractivity contribution < 1.29 is 0 Å². The van der Waals surface area contributed by atoms with Gasteiger partial charge in [-0.2, -0.15) is 5.10 Å². The molecule has 0 unspecified atom stereocenters. The highest BCUT2D eigenvalue weighted by Gasteiger charge is 2.03. The summed E-state index contributed by atoms with van der Waals surface area (Å²) in [6, 6.07) is 17.5. The number of aromatic nitrogens is 2. The summed E-state index contributed by atoms with van der Waals surface area (Å²) < 4.78 is 1.83. The van der Waals surface area contributed by atoms with Gasteiger partial charge in [-0.05, 0) is 42.0 Å². The molecule has 6 heteroatoms. The van der Waals surface area contributed by atoms with Crippen LogP contribution in [0.4, 0.5) is 11.4 Å². The lowest BCUT2D eigenvalue weighted by atomic mass is 10.2. The fourth-order valence-electron chi connectivity index (χ4n) is 2.15. The molecular formula is C17H15ClN4S. The van der Waals surface area contributed by atoms with Gasteiger partial charge in [-0.3, -0.25) is 4.68 Å². The second-order valence-electron chi connectivity index (χ2n) is 5.00. The zero-order valence-corrected chi connectivity index (χ0v) is 13.8. The van der Waals surface area contributed by atoms with Gasteiger partial charge in [0, 0.05) is 16.9 Å². The maximum absolute atomic E-state index is 5.99. The van der Waals surface area contributed by atoms with Gasteiger partial charge in [-0.15, -0.1) is 0 Å². The Morgan fingerprint density at radius 3 is 2.61 bits per heavy atom. The minimum Gasteiger partial charge on any atom is -0.332 e. The summed E-state index contributed by atoms with van der Waals surface area (Å²) in [7, 11) is 0. The molecule has 0 fully saturated rings. The topological polar surface area (TPSA) is 41.9 Å². The van der Waals surface area contributed by atoms with Crippen LogP contribution in [0.5, 0.6) is 0 Å². The molecule has 0 saturated carbocycles. The van der Waals surface area contributed by atoms with Crippen LogP contribution in [0.1, 0.15) is 5.56 Å². The predicted molar refractivity (Wildman–Crippen MR) is 99.1 cm³/mol. The van der Waals surface area contributed by atoms with E-state index in [2.05, 4.69) is 15.7 Å². The maximum atomic E-state index is 5.99. The normalized spacial score (nSPS) is 10.3. The van der Waals surface area contributed by atoms with Crippen LogP contribution in [0, 0.1) is 0 Å². The van der Waals surface area contributed by atoms with Crippen LogP contribution in [0.25, 0.3) is 0 Å².